The Hall–Kier alpha value is -1.10. The van der Waals surface area contributed by atoms with E-state index < -0.39 is 0 Å². The summed E-state index contributed by atoms with van der Waals surface area (Å²) >= 11 is 3.57. The number of hydrogen-bond acceptors (Lipinski definition) is 4. The Morgan fingerprint density at radius 3 is 3.11 bits per heavy atom. The fourth-order valence-electron chi connectivity index (χ4n) is 2.27. The van der Waals surface area contributed by atoms with Crippen molar-refractivity contribution in [1.29, 1.82) is 0 Å². The Labute approximate surface area is 115 Å². The molecule has 1 fully saturated rings. The number of nitrogens with zero attached hydrogens (tertiary/aromatic N) is 2. The molecule has 2 heterocycles. The zero-order valence-electron chi connectivity index (χ0n) is 10.6. The first-order valence-corrected chi connectivity index (χ1v) is 6.86. The highest BCUT2D eigenvalue weighted by Crippen LogP contribution is 2.30. The molecular formula is C13H17BrN2O2. The van der Waals surface area contributed by atoms with E-state index in [9.17, 15) is 4.79 Å². The predicted molar refractivity (Wildman–Crippen MR) is 73.6 cm³/mol. The zero-order valence-corrected chi connectivity index (χ0v) is 12.2. The molecule has 0 amide bonds. The van der Waals surface area contributed by atoms with Gasteiger partial charge in [-0.15, -0.1) is 0 Å². The lowest BCUT2D eigenvalue weighted by Gasteiger charge is -2.32. The molecule has 0 saturated carbocycles. The van der Waals surface area contributed by atoms with Gasteiger partial charge in [-0.25, -0.2) is 4.98 Å². The molecule has 0 bridgehead atoms. The number of methoxy groups -OCH3 is 1. The summed E-state index contributed by atoms with van der Waals surface area (Å²) in [6.45, 7) is 3.65. The van der Waals surface area contributed by atoms with E-state index in [2.05, 4.69) is 25.8 Å². The van der Waals surface area contributed by atoms with Crippen molar-refractivity contribution in [3.05, 3.63) is 22.3 Å². The first-order valence-electron chi connectivity index (χ1n) is 6.07. The second kappa shape index (κ2) is 5.69. The number of pyridine rings is 1. The number of piperidine rings is 1. The highest BCUT2D eigenvalue weighted by Gasteiger charge is 2.28. The number of carbonyl (C=O) groups is 1. The van der Waals surface area contributed by atoms with Gasteiger partial charge in [-0.1, -0.05) is 0 Å². The van der Waals surface area contributed by atoms with Gasteiger partial charge in [0.05, 0.1) is 17.5 Å². The highest BCUT2D eigenvalue weighted by atomic mass is 79.9. The minimum absolute atomic E-state index is 0.0436. The van der Waals surface area contributed by atoms with Gasteiger partial charge in [0.1, 0.15) is 5.82 Å². The van der Waals surface area contributed by atoms with Crippen LogP contribution in [0.25, 0.3) is 0 Å². The largest absolute Gasteiger partial charge is 0.469 e. The molecule has 0 aromatic carbocycles. The number of aryl methyl sites for hydroxylation is 1. The Balaban J connectivity index is 2.18. The van der Waals surface area contributed by atoms with Gasteiger partial charge in [0, 0.05) is 19.3 Å². The molecular weight excluding hydrogens is 296 g/mol. The summed E-state index contributed by atoms with van der Waals surface area (Å²) in [7, 11) is 1.45. The van der Waals surface area contributed by atoms with Crippen LogP contribution >= 0.6 is 15.9 Å². The Morgan fingerprint density at radius 2 is 2.39 bits per heavy atom. The topological polar surface area (TPSA) is 42.4 Å². The van der Waals surface area contributed by atoms with Crippen LogP contribution in [-0.4, -0.2) is 31.2 Å². The molecule has 98 valence electrons. The predicted octanol–water partition coefficient (Wildman–Crippen LogP) is 2.54. The van der Waals surface area contributed by atoms with Crippen molar-refractivity contribution in [1.82, 2.24) is 4.98 Å². The van der Waals surface area contributed by atoms with Crippen molar-refractivity contribution in [2.45, 2.75) is 19.8 Å². The molecule has 5 heteroatoms. The summed E-state index contributed by atoms with van der Waals surface area (Å²) in [6, 6.07) is 1.97. The summed E-state index contributed by atoms with van der Waals surface area (Å²) in [5.74, 6) is 0.755. The van der Waals surface area contributed by atoms with Crippen molar-refractivity contribution in [3.63, 3.8) is 0 Å². The molecule has 1 aliphatic rings. The minimum Gasteiger partial charge on any atom is -0.469 e. The van der Waals surface area contributed by atoms with Crippen LogP contribution in [0, 0.1) is 12.8 Å². The number of aromatic nitrogens is 1. The molecule has 0 radical (unpaired) electrons. The Kier molecular flexibility index (Phi) is 4.22. The lowest BCUT2D eigenvalue weighted by molar-refractivity contribution is -0.145. The summed E-state index contributed by atoms with van der Waals surface area (Å²) in [4.78, 5) is 18.2. The average Bonchev–Trinajstić information content (AvgIpc) is 2.41. The highest BCUT2D eigenvalue weighted by molar-refractivity contribution is 9.10. The number of hydrogen-bond donors (Lipinski definition) is 0. The van der Waals surface area contributed by atoms with Crippen LogP contribution in [0.4, 0.5) is 5.82 Å². The maximum atomic E-state index is 11.6. The van der Waals surface area contributed by atoms with Crippen LogP contribution in [-0.2, 0) is 9.53 Å². The molecule has 2 rings (SSSR count). The van der Waals surface area contributed by atoms with Gasteiger partial charge in [-0.3, -0.25) is 4.79 Å². The standard InChI is InChI=1S/C13H17BrN2O2/c1-9-5-6-15-12(11(9)14)16-7-3-4-10(8-16)13(17)18-2/h5-6,10H,3-4,7-8H2,1-2H3. The van der Waals surface area contributed by atoms with E-state index in [0.29, 0.717) is 6.54 Å². The first kappa shape index (κ1) is 13.3. The maximum absolute atomic E-state index is 11.6. The van der Waals surface area contributed by atoms with E-state index in [4.69, 9.17) is 4.74 Å². The number of carbonyl (C=O) groups excluding carboxylic acids is 1. The molecule has 4 nitrogen and oxygen atoms in total. The van der Waals surface area contributed by atoms with Crippen molar-refractivity contribution in [2.75, 3.05) is 25.1 Å². The van der Waals surface area contributed by atoms with Crippen LogP contribution in [0.3, 0.4) is 0 Å². The minimum atomic E-state index is -0.122. The Morgan fingerprint density at radius 1 is 1.61 bits per heavy atom. The van der Waals surface area contributed by atoms with Crippen LogP contribution in [0.2, 0.25) is 0 Å². The molecule has 1 aromatic heterocycles. The Bertz CT molecular complexity index is 451. The number of ether oxygens (including phenoxy) is 1. The molecule has 0 aliphatic carbocycles. The van der Waals surface area contributed by atoms with Gasteiger partial charge in [0.25, 0.3) is 0 Å². The molecule has 1 saturated heterocycles. The summed E-state index contributed by atoms with van der Waals surface area (Å²) in [6.07, 6.45) is 3.69. The first-order chi connectivity index (χ1) is 8.63. The zero-order chi connectivity index (χ0) is 13.1. The van der Waals surface area contributed by atoms with Crippen LogP contribution in [0.15, 0.2) is 16.7 Å². The summed E-state index contributed by atoms with van der Waals surface area (Å²) in [5, 5.41) is 0. The van der Waals surface area contributed by atoms with Gasteiger partial charge in [0.15, 0.2) is 0 Å². The number of esters is 1. The summed E-state index contributed by atoms with van der Waals surface area (Å²) < 4.78 is 5.84. The van der Waals surface area contributed by atoms with Gasteiger partial charge < -0.3 is 9.64 Å². The maximum Gasteiger partial charge on any atom is 0.310 e. The van der Waals surface area contributed by atoms with E-state index in [1.807, 2.05) is 13.0 Å². The lowest BCUT2D eigenvalue weighted by atomic mass is 9.98. The second-order valence-corrected chi connectivity index (χ2v) is 5.37. The molecule has 0 N–H and O–H groups in total. The van der Waals surface area contributed by atoms with E-state index in [1.165, 1.54) is 7.11 Å². The normalized spacial score (nSPS) is 19.7. The van der Waals surface area contributed by atoms with Gasteiger partial charge >= 0.3 is 5.97 Å². The van der Waals surface area contributed by atoms with Crippen molar-refractivity contribution >= 4 is 27.7 Å². The lowest BCUT2D eigenvalue weighted by Crippen LogP contribution is -2.39. The second-order valence-electron chi connectivity index (χ2n) is 4.57. The molecule has 18 heavy (non-hydrogen) atoms. The SMILES string of the molecule is COC(=O)C1CCCN(c2nccc(C)c2Br)C1. The van der Waals surface area contributed by atoms with E-state index in [0.717, 1.165) is 35.2 Å². The fraction of sp³-hybridized carbons (Fsp3) is 0.538. The third-order valence-electron chi connectivity index (χ3n) is 3.32. The molecule has 0 spiro atoms. The van der Waals surface area contributed by atoms with Crippen molar-refractivity contribution in [3.8, 4) is 0 Å². The summed E-state index contributed by atoms with van der Waals surface area (Å²) in [5.41, 5.74) is 1.15. The quantitative estimate of drug-likeness (QED) is 0.787. The number of anilines is 1. The molecule has 1 atom stereocenters. The average molecular weight is 313 g/mol. The van der Waals surface area contributed by atoms with Crippen LogP contribution in [0.1, 0.15) is 18.4 Å². The monoisotopic (exact) mass is 312 g/mol. The van der Waals surface area contributed by atoms with Crippen molar-refractivity contribution < 1.29 is 9.53 Å². The van der Waals surface area contributed by atoms with Crippen LogP contribution < -0.4 is 4.90 Å². The molecule has 1 unspecified atom stereocenters. The van der Waals surface area contributed by atoms with Gasteiger partial charge in [-0.2, -0.15) is 0 Å². The number of halogens is 1. The van der Waals surface area contributed by atoms with E-state index in [-0.39, 0.29) is 11.9 Å². The third-order valence-corrected chi connectivity index (χ3v) is 4.30. The van der Waals surface area contributed by atoms with E-state index >= 15 is 0 Å². The van der Waals surface area contributed by atoms with Crippen LogP contribution in [0.5, 0.6) is 0 Å². The number of rotatable bonds is 2. The molecule has 1 aliphatic heterocycles. The smallest absolute Gasteiger partial charge is 0.310 e. The van der Waals surface area contributed by atoms with Gasteiger partial charge in [-0.05, 0) is 47.3 Å². The van der Waals surface area contributed by atoms with Gasteiger partial charge in [0.2, 0.25) is 0 Å². The molecule has 1 aromatic rings. The van der Waals surface area contributed by atoms with Crippen molar-refractivity contribution in [2.24, 2.45) is 5.92 Å². The third kappa shape index (κ3) is 2.66. The fourth-order valence-corrected chi connectivity index (χ4v) is 2.76. The van der Waals surface area contributed by atoms with E-state index in [1.54, 1.807) is 6.20 Å².